The van der Waals surface area contributed by atoms with Gasteiger partial charge in [-0.15, -0.1) is 0 Å². The van der Waals surface area contributed by atoms with Crippen molar-refractivity contribution < 1.29 is 39.1 Å². The van der Waals surface area contributed by atoms with E-state index in [1.165, 1.54) is 0 Å². The fourth-order valence-corrected chi connectivity index (χ4v) is 6.67. The normalized spacial score (nSPS) is 15.7. The maximum absolute atomic E-state index is 14.3. The molecule has 222 valence electrons. The molecule has 0 unspecified atom stereocenters. The summed E-state index contributed by atoms with van der Waals surface area (Å²) in [6, 6.07) is 4.51. The van der Waals surface area contributed by atoms with Crippen molar-refractivity contribution in [3.05, 3.63) is 57.9 Å². The zero-order chi connectivity index (χ0) is 29.7. The monoisotopic (exact) mass is 673 g/mol. The van der Waals surface area contributed by atoms with Crippen molar-refractivity contribution in [2.75, 3.05) is 62.4 Å². The topological polar surface area (TPSA) is 143 Å². The summed E-state index contributed by atoms with van der Waals surface area (Å²) < 4.78 is 98.9. The molecule has 0 saturated carbocycles. The van der Waals surface area contributed by atoms with Crippen molar-refractivity contribution in [1.82, 2.24) is 14.2 Å². The molecular formula is C22H27BrF3N5O7S2. The molecule has 0 amide bonds. The van der Waals surface area contributed by atoms with Crippen molar-refractivity contribution >= 4 is 47.4 Å². The lowest BCUT2D eigenvalue weighted by Gasteiger charge is -2.35. The Balaban J connectivity index is 2.04. The van der Waals surface area contributed by atoms with Crippen LogP contribution in [0, 0.1) is 10.1 Å². The van der Waals surface area contributed by atoms with E-state index in [0.29, 0.717) is 12.6 Å². The van der Waals surface area contributed by atoms with Gasteiger partial charge in [-0.05, 0) is 17.7 Å². The number of nitro groups is 1. The van der Waals surface area contributed by atoms with Gasteiger partial charge >= 0.3 is 6.18 Å². The summed E-state index contributed by atoms with van der Waals surface area (Å²) in [6.07, 6.45) is -1.16. The second-order valence-corrected chi connectivity index (χ2v) is 13.2. The number of hydrogen-bond donors (Lipinski definition) is 0. The first-order valence-corrected chi connectivity index (χ1v) is 16.2. The van der Waals surface area contributed by atoms with E-state index in [1.54, 1.807) is 12.4 Å². The molecule has 0 atom stereocenters. The second kappa shape index (κ2) is 13.1. The number of pyridine rings is 1. The average molecular weight is 675 g/mol. The van der Waals surface area contributed by atoms with E-state index in [4.69, 9.17) is 0 Å². The number of rotatable bonds is 12. The lowest BCUT2D eigenvalue weighted by atomic mass is 10.1. The predicted molar refractivity (Wildman–Crippen MR) is 143 cm³/mol. The molecule has 3 rings (SSSR count). The Morgan fingerprint density at radius 3 is 2.25 bits per heavy atom. The maximum Gasteiger partial charge on any atom is 0.418 e. The minimum absolute atomic E-state index is 0.0630. The van der Waals surface area contributed by atoms with E-state index in [-0.39, 0.29) is 44.1 Å². The summed E-state index contributed by atoms with van der Waals surface area (Å²) in [4.78, 5) is 16.5. The maximum atomic E-state index is 14.3. The van der Waals surface area contributed by atoms with Crippen LogP contribution in [-0.2, 0) is 37.0 Å². The van der Waals surface area contributed by atoms with Gasteiger partial charge in [0.2, 0.25) is 10.0 Å². The smallest absolute Gasteiger partial charge is 0.367 e. The van der Waals surface area contributed by atoms with Gasteiger partial charge in [0.25, 0.3) is 15.8 Å². The van der Waals surface area contributed by atoms with E-state index in [2.05, 4.69) is 25.1 Å². The van der Waals surface area contributed by atoms with Gasteiger partial charge in [0.05, 0.1) is 29.0 Å². The minimum Gasteiger partial charge on any atom is -0.367 e. The fourth-order valence-electron chi connectivity index (χ4n) is 4.19. The first-order chi connectivity index (χ1) is 18.6. The Labute approximate surface area is 238 Å². The molecule has 1 aromatic heterocycles. The highest BCUT2D eigenvalue weighted by Gasteiger charge is 2.42. The molecular weight excluding hydrogens is 647 g/mol. The molecule has 0 bridgehead atoms. The van der Waals surface area contributed by atoms with E-state index < -0.39 is 66.2 Å². The third-order valence-corrected chi connectivity index (χ3v) is 8.87. The predicted octanol–water partition coefficient (Wildman–Crippen LogP) is 2.69. The Hall–Kier alpha value is -2.38. The highest BCUT2D eigenvalue weighted by molar-refractivity contribution is 9.09. The molecule has 1 aromatic carbocycles. The lowest BCUT2D eigenvalue weighted by molar-refractivity contribution is -0.385. The van der Waals surface area contributed by atoms with Crippen LogP contribution in [0.4, 0.5) is 24.5 Å². The van der Waals surface area contributed by atoms with Crippen molar-refractivity contribution in [2.24, 2.45) is 0 Å². The van der Waals surface area contributed by atoms with Gasteiger partial charge in [-0.2, -0.15) is 25.9 Å². The zero-order valence-corrected chi connectivity index (χ0v) is 24.5. The summed E-state index contributed by atoms with van der Waals surface area (Å²) in [5.41, 5.74) is -2.44. The van der Waals surface area contributed by atoms with Crippen LogP contribution >= 0.6 is 15.9 Å². The number of nitro benzene ring substituents is 1. The second-order valence-electron chi connectivity index (χ2n) is 8.83. The summed E-state index contributed by atoms with van der Waals surface area (Å²) in [5.74, 6) is 0. The molecule has 2 aromatic rings. The van der Waals surface area contributed by atoms with Gasteiger partial charge in [-0.3, -0.25) is 24.2 Å². The van der Waals surface area contributed by atoms with Crippen molar-refractivity contribution in [3.8, 4) is 0 Å². The number of halogens is 4. The lowest BCUT2D eigenvalue weighted by Crippen LogP contribution is -2.48. The number of alkyl halides is 4. The molecule has 1 saturated heterocycles. The summed E-state index contributed by atoms with van der Waals surface area (Å²) in [5, 5.41) is 11.6. The fraction of sp³-hybridized carbons (Fsp3) is 0.500. The van der Waals surface area contributed by atoms with Gasteiger partial charge in [0.15, 0.2) is 0 Å². The summed E-state index contributed by atoms with van der Waals surface area (Å²) in [6.45, 7) is -0.281. The van der Waals surface area contributed by atoms with Crippen LogP contribution in [-0.4, -0.2) is 93.4 Å². The van der Waals surface area contributed by atoms with Crippen molar-refractivity contribution in [1.29, 1.82) is 0 Å². The Morgan fingerprint density at radius 1 is 1.10 bits per heavy atom. The van der Waals surface area contributed by atoms with Gasteiger partial charge < -0.3 is 4.90 Å². The Morgan fingerprint density at radius 2 is 1.73 bits per heavy atom. The number of benzene rings is 1. The van der Waals surface area contributed by atoms with Gasteiger partial charge in [0, 0.05) is 75.7 Å². The van der Waals surface area contributed by atoms with E-state index in [9.17, 15) is 40.1 Å². The van der Waals surface area contributed by atoms with Crippen LogP contribution in [0.3, 0.4) is 0 Å². The molecule has 1 aliphatic rings. The molecule has 40 heavy (non-hydrogen) atoms. The highest BCUT2D eigenvalue weighted by Crippen LogP contribution is 2.43. The van der Waals surface area contributed by atoms with Crippen LogP contribution in [0.25, 0.3) is 0 Å². The first-order valence-electron chi connectivity index (χ1n) is 11.8. The molecule has 0 aliphatic carbocycles. The molecule has 0 spiro atoms. The number of aromatic nitrogens is 1. The van der Waals surface area contributed by atoms with E-state index >= 15 is 0 Å². The standard InChI is InChI=1S/C22H27BrF3N5O7S2/c1-39(34,35)38-13-12-29(7-4-23)21-19(22(24,25)26)14-18(31(32)33)15-20(21)40(36,37)30-10-8-28(9-11-30)16-17-2-5-27-6-3-17/h2-3,5-6,14-15H,4,7-13,16H2,1H3. The number of piperazine rings is 1. The van der Waals surface area contributed by atoms with Crippen molar-refractivity contribution in [2.45, 2.75) is 17.6 Å². The number of nitrogens with zero attached hydrogens (tertiary/aromatic N) is 5. The minimum atomic E-state index is -5.17. The molecule has 12 nitrogen and oxygen atoms in total. The first kappa shape index (κ1) is 32.1. The molecule has 18 heteroatoms. The summed E-state index contributed by atoms with van der Waals surface area (Å²) >= 11 is 3.12. The molecule has 1 fully saturated rings. The van der Waals surface area contributed by atoms with Crippen LogP contribution in [0.1, 0.15) is 11.1 Å². The average Bonchev–Trinajstić information content (AvgIpc) is 2.87. The van der Waals surface area contributed by atoms with Crippen LogP contribution in [0.5, 0.6) is 0 Å². The third-order valence-electron chi connectivity index (χ3n) is 6.01. The third kappa shape index (κ3) is 8.32. The largest absolute Gasteiger partial charge is 0.418 e. The number of sulfonamides is 1. The van der Waals surface area contributed by atoms with E-state index in [0.717, 1.165) is 21.0 Å². The number of hydrogen-bond acceptors (Lipinski definition) is 10. The zero-order valence-electron chi connectivity index (χ0n) is 21.3. The molecule has 0 N–H and O–H groups in total. The highest BCUT2D eigenvalue weighted by atomic mass is 79.9. The molecule has 2 heterocycles. The van der Waals surface area contributed by atoms with Gasteiger partial charge in [0.1, 0.15) is 4.90 Å². The Kier molecular flexibility index (Phi) is 10.5. The van der Waals surface area contributed by atoms with Gasteiger partial charge in [-0.25, -0.2) is 8.42 Å². The quantitative estimate of drug-likeness (QED) is 0.143. The number of anilines is 1. The number of non-ortho nitro benzene ring substituents is 1. The van der Waals surface area contributed by atoms with Crippen LogP contribution in [0.15, 0.2) is 41.6 Å². The Bertz CT molecular complexity index is 1410. The van der Waals surface area contributed by atoms with Crippen LogP contribution in [0.2, 0.25) is 0 Å². The summed E-state index contributed by atoms with van der Waals surface area (Å²) in [7, 11) is -8.61. The SMILES string of the molecule is CS(=O)(=O)OCCN(CCBr)c1c(C(F)(F)F)cc([N+](=O)[O-])cc1S(=O)(=O)N1CCN(Cc2ccncc2)CC1. The molecule has 0 radical (unpaired) electrons. The van der Waals surface area contributed by atoms with Crippen LogP contribution < -0.4 is 4.90 Å². The van der Waals surface area contributed by atoms with Gasteiger partial charge in [-0.1, -0.05) is 15.9 Å². The van der Waals surface area contributed by atoms with Crippen molar-refractivity contribution in [3.63, 3.8) is 0 Å². The molecule has 1 aliphatic heterocycles. The van der Waals surface area contributed by atoms with E-state index in [1.807, 2.05) is 17.0 Å².